The Morgan fingerprint density at radius 3 is 2.31 bits per heavy atom. The quantitative estimate of drug-likeness (QED) is 0.858. The SMILES string of the molecule is C=Cc1c(Br)ccc(CO)c1C=C. The first-order valence-electron chi connectivity index (χ1n) is 3.91. The molecule has 1 aromatic carbocycles. The standard InChI is InChI=1S/C11H11BrO/c1-3-9-8(7-13)5-6-11(12)10(9)4-2/h3-6,13H,1-2,7H2. The summed E-state index contributed by atoms with van der Waals surface area (Å²) in [5, 5.41) is 9.06. The Balaban J connectivity index is 3.44. The van der Waals surface area contributed by atoms with Crippen molar-refractivity contribution in [1.82, 2.24) is 0 Å². The van der Waals surface area contributed by atoms with Gasteiger partial charge in [0.2, 0.25) is 0 Å². The minimum absolute atomic E-state index is 0.0233. The maximum absolute atomic E-state index is 9.06. The van der Waals surface area contributed by atoms with Gasteiger partial charge < -0.3 is 5.11 Å². The molecule has 0 fully saturated rings. The molecule has 68 valence electrons. The van der Waals surface area contributed by atoms with Crippen LogP contribution < -0.4 is 0 Å². The van der Waals surface area contributed by atoms with E-state index in [-0.39, 0.29) is 6.61 Å². The average molecular weight is 239 g/mol. The van der Waals surface area contributed by atoms with E-state index in [1.54, 1.807) is 12.2 Å². The van der Waals surface area contributed by atoms with Crippen LogP contribution in [0.5, 0.6) is 0 Å². The maximum atomic E-state index is 9.06. The van der Waals surface area contributed by atoms with Crippen molar-refractivity contribution in [3.8, 4) is 0 Å². The average Bonchev–Trinajstić information content (AvgIpc) is 2.17. The van der Waals surface area contributed by atoms with Gasteiger partial charge in [-0.3, -0.25) is 0 Å². The highest BCUT2D eigenvalue weighted by molar-refractivity contribution is 9.10. The Labute approximate surface area is 86.5 Å². The molecule has 0 saturated heterocycles. The van der Waals surface area contributed by atoms with Crippen LogP contribution in [-0.2, 0) is 6.61 Å². The first kappa shape index (κ1) is 10.2. The number of aliphatic hydroxyl groups excluding tert-OH is 1. The predicted octanol–water partition coefficient (Wildman–Crippen LogP) is 3.23. The molecule has 0 aliphatic rings. The van der Waals surface area contributed by atoms with Crippen molar-refractivity contribution in [2.45, 2.75) is 6.61 Å². The molecule has 1 N–H and O–H groups in total. The van der Waals surface area contributed by atoms with Crippen molar-refractivity contribution >= 4 is 28.1 Å². The third kappa shape index (κ3) is 1.90. The Bertz CT molecular complexity index is 342. The minimum atomic E-state index is 0.0233. The summed E-state index contributed by atoms with van der Waals surface area (Å²) in [5.41, 5.74) is 2.78. The van der Waals surface area contributed by atoms with Gasteiger partial charge in [0.25, 0.3) is 0 Å². The van der Waals surface area contributed by atoms with Crippen molar-refractivity contribution in [1.29, 1.82) is 0 Å². The summed E-state index contributed by atoms with van der Waals surface area (Å²) < 4.78 is 0.967. The van der Waals surface area contributed by atoms with E-state index in [2.05, 4.69) is 29.1 Å². The fraction of sp³-hybridized carbons (Fsp3) is 0.0909. The van der Waals surface area contributed by atoms with Crippen molar-refractivity contribution in [3.63, 3.8) is 0 Å². The molecule has 0 bridgehead atoms. The van der Waals surface area contributed by atoms with Crippen molar-refractivity contribution in [2.75, 3.05) is 0 Å². The van der Waals surface area contributed by atoms with E-state index in [0.29, 0.717) is 0 Å². The van der Waals surface area contributed by atoms with Gasteiger partial charge in [-0.05, 0) is 22.8 Å². The van der Waals surface area contributed by atoms with Crippen LogP contribution in [-0.4, -0.2) is 5.11 Å². The number of benzene rings is 1. The lowest BCUT2D eigenvalue weighted by Gasteiger charge is -2.08. The Morgan fingerprint density at radius 1 is 1.23 bits per heavy atom. The van der Waals surface area contributed by atoms with Crippen LogP contribution >= 0.6 is 15.9 Å². The Morgan fingerprint density at radius 2 is 1.85 bits per heavy atom. The van der Waals surface area contributed by atoms with Crippen molar-refractivity contribution in [3.05, 3.63) is 46.5 Å². The third-order valence-corrected chi connectivity index (χ3v) is 2.59. The molecule has 1 rings (SSSR count). The lowest BCUT2D eigenvalue weighted by molar-refractivity contribution is 0.281. The van der Waals surface area contributed by atoms with Gasteiger partial charge in [0.05, 0.1) is 6.61 Å². The second-order valence-corrected chi connectivity index (χ2v) is 3.45. The van der Waals surface area contributed by atoms with E-state index in [1.165, 1.54) is 0 Å². The molecule has 0 amide bonds. The zero-order chi connectivity index (χ0) is 9.84. The Hall–Kier alpha value is -0.860. The van der Waals surface area contributed by atoms with E-state index in [1.807, 2.05) is 12.1 Å². The predicted molar refractivity (Wildman–Crippen MR) is 60.2 cm³/mol. The molecule has 0 spiro atoms. The molecule has 2 heteroatoms. The molecule has 0 aliphatic heterocycles. The molecule has 0 heterocycles. The maximum Gasteiger partial charge on any atom is 0.0687 e. The first-order chi connectivity index (χ1) is 6.24. The second-order valence-electron chi connectivity index (χ2n) is 2.60. The molecule has 0 aromatic heterocycles. The number of rotatable bonds is 3. The van der Waals surface area contributed by atoms with Crippen LogP contribution in [0.4, 0.5) is 0 Å². The normalized spacial score (nSPS) is 9.69. The highest BCUT2D eigenvalue weighted by atomic mass is 79.9. The molecule has 1 aromatic rings. The van der Waals surface area contributed by atoms with Crippen LogP contribution in [0.1, 0.15) is 16.7 Å². The molecule has 0 atom stereocenters. The molecule has 0 saturated carbocycles. The molecule has 0 aliphatic carbocycles. The van der Waals surface area contributed by atoms with Crippen molar-refractivity contribution < 1.29 is 5.11 Å². The van der Waals surface area contributed by atoms with Gasteiger partial charge in [-0.25, -0.2) is 0 Å². The lowest BCUT2D eigenvalue weighted by Crippen LogP contribution is -1.92. The van der Waals surface area contributed by atoms with Gasteiger partial charge in [0.15, 0.2) is 0 Å². The van der Waals surface area contributed by atoms with E-state index in [0.717, 1.165) is 21.2 Å². The number of aliphatic hydroxyl groups is 1. The smallest absolute Gasteiger partial charge is 0.0687 e. The zero-order valence-electron chi connectivity index (χ0n) is 7.26. The number of halogens is 1. The van der Waals surface area contributed by atoms with Crippen molar-refractivity contribution in [2.24, 2.45) is 0 Å². The highest BCUT2D eigenvalue weighted by Crippen LogP contribution is 2.26. The molecule has 1 nitrogen and oxygen atoms in total. The van der Waals surface area contributed by atoms with E-state index in [9.17, 15) is 0 Å². The summed E-state index contributed by atoms with van der Waals surface area (Å²) in [6.45, 7) is 7.45. The largest absolute Gasteiger partial charge is 0.392 e. The number of hydrogen-bond donors (Lipinski definition) is 1. The minimum Gasteiger partial charge on any atom is -0.392 e. The fourth-order valence-electron chi connectivity index (χ4n) is 1.24. The van der Waals surface area contributed by atoms with Crippen LogP contribution in [0, 0.1) is 0 Å². The highest BCUT2D eigenvalue weighted by Gasteiger charge is 2.05. The van der Waals surface area contributed by atoms with Gasteiger partial charge in [-0.1, -0.05) is 47.3 Å². The van der Waals surface area contributed by atoms with Crippen LogP contribution in [0.15, 0.2) is 29.8 Å². The summed E-state index contributed by atoms with van der Waals surface area (Å²) >= 11 is 3.41. The molecular formula is C11H11BrO. The van der Waals surface area contributed by atoms with E-state index >= 15 is 0 Å². The fourth-order valence-corrected chi connectivity index (χ4v) is 1.75. The van der Waals surface area contributed by atoms with Crippen LogP contribution in [0.3, 0.4) is 0 Å². The molecule has 13 heavy (non-hydrogen) atoms. The lowest BCUT2D eigenvalue weighted by atomic mass is 10.0. The van der Waals surface area contributed by atoms with Crippen LogP contribution in [0.25, 0.3) is 12.2 Å². The zero-order valence-corrected chi connectivity index (χ0v) is 8.84. The Kier molecular flexibility index (Phi) is 3.46. The monoisotopic (exact) mass is 238 g/mol. The van der Waals surface area contributed by atoms with Gasteiger partial charge in [0, 0.05) is 4.47 Å². The van der Waals surface area contributed by atoms with Crippen LogP contribution in [0.2, 0.25) is 0 Å². The van der Waals surface area contributed by atoms with Gasteiger partial charge in [0.1, 0.15) is 0 Å². The van der Waals surface area contributed by atoms with Gasteiger partial charge >= 0.3 is 0 Å². The van der Waals surface area contributed by atoms with Gasteiger partial charge in [-0.15, -0.1) is 0 Å². The summed E-state index contributed by atoms with van der Waals surface area (Å²) in [5.74, 6) is 0. The van der Waals surface area contributed by atoms with Gasteiger partial charge in [-0.2, -0.15) is 0 Å². The summed E-state index contributed by atoms with van der Waals surface area (Å²) in [4.78, 5) is 0. The third-order valence-electron chi connectivity index (χ3n) is 1.90. The summed E-state index contributed by atoms with van der Waals surface area (Å²) in [6, 6.07) is 3.77. The van der Waals surface area contributed by atoms with E-state index < -0.39 is 0 Å². The molecular weight excluding hydrogens is 228 g/mol. The second kappa shape index (κ2) is 4.40. The molecule has 0 unspecified atom stereocenters. The molecule has 0 radical (unpaired) electrons. The summed E-state index contributed by atoms with van der Waals surface area (Å²) in [6.07, 6.45) is 3.48. The number of hydrogen-bond acceptors (Lipinski definition) is 1. The van der Waals surface area contributed by atoms with E-state index in [4.69, 9.17) is 5.11 Å². The first-order valence-corrected chi connectivity index (χ1v) is 4.71. The topological polar surface area (TPSA) is 20.2 Å². The summed E-state index contributed by atoms with van der Waals surface area (Å²) in [7, 11) is 0.